The molecule has 4 rings (SSSR count). The van der Waals surface area contributed by atoms with Gasteiger partial charge in [0.2, 0.25) is 0 Å². The van der Waals surface area contributed by atoms with E-state index in [0.29, 0.717) is 39.4 Å². The first-order valence-corrected chi connectivity index (χ1v) is 13.4. The molecule has 0 aromatic heterocycles. The number of aryl methyl sites for hydroxylation is 1. The van der Waals surface area contributed by atoms with E-state index in [2.05, 4.69) is 15.5 Å². The average Bonchev–Trinajstić information content (AvgIpc) is 2.85. The largest absolute Gasteiger partial charge is 0.505 e. The fourth-order valence-corrected chi connectivity index (χ4v) is 5.07. The molecule has 3 N–H and O–H groups in total. The van der Waals surface area contributed by atoms with E-state index in [1.807, 2.05) is 6.92 Å². The number of carbonyl (C=O) groups excluding carboxylic acids is 1. The predicted molar refractivity (Wildman–Crippen MR) is 146 cm³/mol. The van der Waals surface area contributed by atoms with E-state index in [1.54, 1.807) is 43.3 Å². The summed E-state index contributed by atoms with van der Waals surface area (Å²) in [5.74, 6) is -0.696. The normalized spacial score (nSPS) is 11.7. The number of phenols is 1. The van der Waals surface area contributed by atoms with Gasteiger partial charge in [0, 0.05) is 11.1 Å². The van der Waals surface area contributed by atoms with Crippen LogP contribution in [0.4, 0.5) is 17.1 Å². The standard InChI is InChI=1S/C26H21Cl2N3O6S/c1-3-37-21-9-8-16(13-19(21)27)29-26(33)18-12-15-6-4-5-7-17(15)23(25(18)32)30-31-24-20(28)10-14(2)11-22(24)38(34,35)36/h4-13,32H,3H2,1-2H3,(H,29,33)(H,34,35,36). The summed E-state index contributed by atoms with van der Waals surface area (Å²) in [6, 6.07) is 15.7. The third kappa shape index (κ3) is 5.73. The van der Waals surface area contributed by atoms with Crippen molar-refractivity contribution in [3.8, 4) is 11.5 Å². The molecule has 0 radical (unpaired) electrons. The number of benzene rings is 4. The summed E-state index contributed by atoms with van der Waals surface area (Å²) in [6.45, 7) is 3.84. The number of nitrogens with one attached hydrogen (secondary N) is 1. The smallest absolute Gasteiger partial charge is 0.296 e. The Bertz CT molecular complexity index is 1710. The molecule has 0 fully saturated rings. The second kappa shape index (κ2) is 11.0. The van der Waals surface area contributed by atoms with Crippen molar-refractivity contribution in [2.24, 2.45) is 10.2 Å². The topological polar surface area (TPSA) is 138 Å². The van der Waals surface area contributed by atoms with E-state index < -0.39 is 26.7 Å². The molecule has 1 amide bonds. The monoisotopic (exact) mass is 573 g/mol. The van der Waals surface area contributed by atoms with Crippen LogP contribution in [0.15, 0.2) is 75.8 Å². The molecule has 0 aliphatic carbocycles. The first-order chi connectivity index (χ1) is 18.0. The van der Waals surface area contributed by atoms with E-state index in [9.17, 15) is 22.9 Å². The Labute approximate surface area is 228 Å². The molecule has 0 atom stereocenters. The van der Waals surface area contributed by atoms with Gasteiger partial charge in [-0.25, -0.2) is 0 Å². The van der Waals surface area contributed by atoms with Crippen LogP contribution in [0.3, 0.4) is 0 Å². The summed E-state index contributed by atoms with van der Waals surface area (Å²) in [7, 11) is -4.69. The highest BCUT2D eigenvalue weighted by Gasteiger charge is 2.22. The maximum absolute atomic E-state index is 13.2. The van der Waals surface area contributed by atoms with E-state index in [1.165, 1.54) is 24.3 Å². The molecule has 0 unspecified atom stereocenters. The number of rotatable bonds is 7. The second-order valence-corrected chi connectivity index (χ2v) is 10.3. The summed E-state index contributed by atoms with van der Waals surface area (Å²) in [5.41, 5.74) is 0.303. The lowest BCUT2D eigenvalue weighted by molar-refractivity contribution is 0.102. The minimum Gasteiger partial charge on any atom is -0.505 e. The molecular formula is C26H21Cl2N3O6S. The van der Waals surface area contributed by atoms with Gasteiger partial charge in [-0.3, -0.25) is 9.35 Å². The molecule has 9 nitrogen and oxygen atoms in total. The van der Waals surface area contributed by atoms with Crippen LogP contribution < -0.4 is 10.1 Å². The number of amides is 1. The number of hydrogen-bond acceptors (Lipinski definition) is 7. The number of carbonyl (C=O) groups is 1. The Morgan fingerprint density at radius 1 is 1.00 bits per heavy atom. The minimum absolute atomic E-state index is 0.0774. The molecular weight excluding hydrogens is 553 g/mol. The van der Waals surface area contributed by atoms with E-state index in [0.717, 1.165) is 0 Å². The van der Waals surface area contributed by atoms with Crippen LogP contribution in [0, 0.1) is 6.92 Å². The Morgan fingerprint density at radius 2 is 1.71 bits per heavy atom. The maximum Gasteiger partial charge on any atom is 0.296 e. The van der Waals surface area contributed by atoms with Gasteiger partial charge in [0.25, 0.3) is 16.0 Å². The molecule has 4 aromatic rings. The fraction of sp³-hybridized carbons (Fsp3) is 0.115. The molecule has 0 bridgehead atoms. The number of aromatic hydroxyl groups is 1. The minimum atomic E-state index is -4.69. The number of ether oxygens (including phenoxy) is 1. The Hall–Kier alpha value is -3.70. The van der Waals surface area contributed by atoms with Gasteiger partial charge in [0.1, 0.15) is 22.0 Å². The van der Waals surface area contributed by atoms with Crippen molar-refractivity contribution >= 4 is 67.1 Å². The molecule has 12 heteroatoms. The number of halogens is 2. The lowest BCUT2D eigenvalue weighted by Gasteiger charge is -2.12. The highest BCUT2D eigenvalue weighted by Crippen LogP contribution is 2.41. The molecule has 0 aliphatic heterocycles. The van der Waals surface area contributed by atoms with Crippen LogP contribution >= 0.6 is 23.2 Å². The molecule has 0 heterocycles. The zero-order valence-electron chi connectivity index (χ0n) is 20.1. The summed E-state index contributed by atoms with van der Waals surface area (Å²) >= 11 is 12.4. The zero-order valence-corrected chi connectivity index (χ0v) is 22.4. The zero-order chi connectivity index (χ0) is 27.6. The molecule has 4 aromatic carbocycles. The molecule has 0 spiro atoms. The van der Waals surface area contributed by atoms with Crippen molar-refractivity contribution in [2.45, 2.75) is 18.7 Å². The van der Waals surface area contributed by atoms with Crippen molar-refractivity contribution < 1.29 is 27.6 Å². The number of phenolic OH excluding ortho intramolecular Hbond substituents is 1. The Kier molecular flexibility index (Phi) is 7.89. The van der Waals surface area contributed by atoms with Gasteiger partial charge in [-0.05, 0) is 61.2 Å². The summed E-state index contributed by atoms with van der Waals surface area (Å²) in [5, 5.41) is 23.0. The fourth-order valence-electron chi connectivity index (χ4n) is 3.74. The predicted octanol–water partition coefficient (Wildman–Crippen LogP) is 7.47. The third-order valence-corrected chi connectivity index (χ3v) is 6.88. The molecule has 0 aliphatic rings. The summed E-state index contributed by atoms with van der Waals surface area (Å²) < 4.78 is 38.9. The van der Waals surface area contributed by atoms with Crippen molar-refractivity contribution in [1.82, 2.24) is 0 Å². The van der Waals surface area contributed by atoms with Crippen LogP contribution in [0.2, 0.25) is 10.0 Å². The highest BCUT2D eigenvalue weighted by atomic mass is 35.5. The lowest BCUT2D eigenvalue weighted by atomic mass is 10.0. The van der Waals surface area contributed by atoms with E-state index >= 15 is 0 Å². The van der Waals surface area contributed by atoms with Gasteiger partial charge in [-0.15, -0.1) is 10.2 Å². The molecule has 0 saturated carbocycles. The van der Waals surface area contributed by atoms with Crippen LogP contribution in [-0.4, -0.2) is 30.6 Å². The number of fused-ring (bicyclic) bond motifs is 1. The van der Waals surface area contributed by atoms with Crippen LogP contribution in [0.5, 0.6) is 11.5 Å². The Balaban J connectivity index is 1.80. The SMILES string of the molecule is CCOc1ccc(NC(=O)c2cc3ccccc3c(N=Nc3c(Cl)cc(C)cc3S(=O)(=O)O)c2O)cc1Cl. The summed E-state index contributed by atoms with van der Waals surface area (Å²) in [4.78, 5) is 12.6. The highest BCUT2D eigenvalue weighted by molar-refractivity contribution is 7.86. The van der Waals surface area contributed by atoms with Gasteiger partial charge in [-0.2, -0.15) is 8.42 Å². The summed E-state index contributed by atoms with van der Waals surface area (Å²) in [6.07, 6.45) is 0. The second-order valence-electron chi connectivity index (χ2n) is 8.14. The van der Waals surface area contributed by atoms with Crippen LogP contribution in [-0.2, 0) is 10.1 Å². The van der Waals surface area contributed by atoms with Crippen LogP contribution in [0.1, 0.15) is 22.8 Å². The van der Waals surface area contributed by atoms with E-state index in [-0.39, 0.29) is 22.0 Å². The van der Waals surface area contributed by atoms with Crippen molar-refractivity contribution in [2.75, 3.05) is 11.9 Å². The number of azo groups is 1. The molecule has 38 heavy (non-hydrogen) atoms. The Morgan fingerprint density at radius 3 is 2.39 bits per heavy atom. The number of nitrogens with zero attached hydrogens (tertiary/aromatic N) is 2. The third-order valence-electron chi connectivity index (χ3n) is 5.43. The van der Waals surface area contributed by atoms with Crippen LogP contribution in [0.25, 0.3) is 10.8 Å². The van der Waals surface area contributed by atoms with Gasteiger partial charge in [0.15, 0.2) is 5.75 Å². The number of hydrogen-bond donors (Lipinski definition) is 3. The first-order valence-electron chi connectivity index (χ1n) is 11.2. The van der Waals surface area contributed by atoms with Crippen molar-refractivity contribution in [3.63, 3.8) is 0 Å². The van der Waals surface area contributed by atoms with Gasteiger partial charge < -0.3 is 15.2 Å². The first kappa shape index (κ1) is 27.3. The van der Waals surface area contributed by atoms with Crippen molar-refractivity contribution in [3.05, 3.63) is 81.8 Å². The van der Waals surface area contributed by atoms with Gasteiger partial charge in [-0.1, -0.05) is 47.5 Å². The lowest BCUT2D eigenvalue weighted by Crippen LogP contribution is -2.12. The quantitative estimate of drug-likeness (QED) is 0.155. The maximum atomic E-state index is 13.2. The molecule has 0 saturated heterocycles. The van der Waals surface area contributed by atoms with Crippen molar-refractivity contribution in [1.29, 1.82) is 0 Å². The number of anilines is 1. The molecule has 196 valence electrons. The van der Waals surface area contributed by atoms with E-state index in [4.69, 9.17) is 27.9 Å². The van der Waals surface area contributed by atoms with Gasteiger partial charge in [0.05, 0.1) is 22.2 Å². The average molecular weight is 574 g/mol. The van der Waals surface area contributed by atoms with Gasteiger partial charge >= 0.3 is 0 Å².